The number of nitrogens with zero attached hydrogens (tertiary/aromatic N) is 2. The lowest BCUT2D eigenvalue weighted by atomic mass is 10.1. The zero-order chi connectivity index (χ0) is 24.3. The Balaban J connectivity index is 1.55. The molecule has 8 nitrogen and oxygen atoms in total. The van der Waals surface area contributed by atoms with Gasteiger partial charge in [0.1, 0.15) is 11.8 Å². The Morgan fingerprint density at radius 1 is 1.09 bits per heavy atom. The van der Waals surface area contributed by atoms with E-state index in [1.165, 1.54) is 9.21 Å². The van der Waals surface area contributed by atoms with Crippen molar-refractivity contribution >= 4 is 27.5 Å². The molecule has 2 aromatic rings. The topological polar surface area (TPSA) is 96.0 Å². The van der Waals surface area contributed by atoms with Gasteiger partial charge in [0.15, 0.2) is 0 Å². The van der Waals surface area contributed by atoms with Crippen molar-refractivity contribution in [3.05, 3.63) is 53.6 Å². The highest BCUT2D eigenvalue weighted by molar-refractivity contribution is 7.89. The van der Waals surface area contributed by atoms with Gasteiger partial charge in [-0.3, -0.25) is 14.5 Å². The summed E-state index contributed by atoms with van der Waals surface area (Å²) in [7, 11) is -2.02. The Hall–Kier alpha value is -2.91. The molecule has 182 valence electrons. The largest absolute Gasteiger partial charge is 0.497 e. The van der Waals surface area contributed by atoms with Crippen LogP contribution < -0.4 is 15.0 Å². The molecule has 2 aliphatic rings. The van der Waals surface area contributed by atoms with Gasteiger partial charge in [-0.2, -0.15) is 4.31 Å². The van der Waals surface area contributed by atoms with E-state index in [0.717, 1.165) is 24.8 Å². The second kappa shape index (κ2) is 10.1. The van der Waals surface area contributed by atoms with Crippen molar-refractivity contribution < 1.29 is 22.7 Å². The molecule has 1 fully saturated rings. The molecule has 0 aromatic heterocycles. The Bertz CT molecular complexity index is 1170. The van der Waals surface area contributed by atoms with E-state index in [1.807, 2.05) is 24.3 Å². The summed E-state index contributed by atoms with van der Waals surface area (Å²) >= 11 is 0. The fourth-order valence-corrected chi connectivity index (χ4v) is 6.19. The number of carbonyl (C=O) groups excluding carboxylic acids is 2. The first-order valence-corrected chi connectivity index (χ1v) is 13.1. The summed E-state index contributed by atoms with van der Waals surface area (Å²) < 4.78 is 33.0. The lowest BCUT2D eigenvalue weighted by Gasteiger charge is -2.26. The second-order valence-corrected chi connectivity index (χ2v) is 10.6. The zero-order valence-corrected chi connectivity index (χ0v) is 20.4. The molecule has 0 unspecified atom stereocenters. The van der Waals surface area contributed by atoms with Gasteiger partial charge in [-0.05, 0) is 54.3 Å². The number of nitrogens with one attached hydrogen (secondary N) is 1. The van der Waals surface area contributed by atoms with Crippen molar-refractivity contribution in [2.75, 3.05) is 25.1 Å². The van der Waals surface area contributed by atoms with Crippen LogP contribution in [0.25, 0.3) is 0 Å². The first-order chi connectivity index (χ1) is 16.3. The van der Waals surface area contributed by atoms with Gasteiger partial charge in [0.05, 0.1) is 12.0 Å². The van der Waals surface area contributed by atoms with Crippen molar-refractivity contribution in [1.29, 1.82) is 0 Å². The summed E-state index contributed by atoms with van der Waals surface area (Å²) in [4.78, 5) is 27.6. The van der Waals surface area contributed by atoms with Gasteiger partial charge in [0.2, 0.25) is 21.8 Å². The number of carbonyl (C=O) groups is 2. The third kappa shape index (κ3) is 4.81. The van der Waals surface area contributed by atoms with E-state index in [0.29, 0.717) is 36.6 Å². The normalized spacial score (nSPS) is 18.4. The Kier molecular flexibility index (Phi) is 7.23. The molecule has 0 bridgehead atoms. The minimum absolute atomic E-state index is 0.174. The number of ether oxygens (including phenoxy) is 1. The predicted molar refractivity (Wildman–Crippen MR) is 129 cm³/mol. The second-order valence-electron chi connectivity index (χ2n) is 8.66. The van der Waals surface area contributed by atoms with Crippen molar-refractivity contribution in [2.45, 2.75) is 56.5 Å². The lowest BCUT2D eigenvalue weighted by molar-refractivity contribution is -0.126. The maximum absolute atomic E-state index is 13.1. The van der Waals surface area contributed by atoms with Gasteiger partial charge < -0.3 is 10.1 Å². The molecule has 0 aliphatic carbocycles. The Labute approximate surface area is 200 Å². The van der Waals surface area contributed by atoms with Crippen molar-refractivity contribution in [1.82, 2.24) is 9.62 Å². The van der Waals surface area contributed by atoms with Gasteiger partial charge in [-0.15, -0.1) is 0 Å². The lowest BCUT2D eigenvalue weighted by Crippen LogP contribution is -2.47. The summed E-state index contributed by atoms with van der Waals surface area (Å²) in [6.45, 7) is 3.09. The van der Waals surface area contributed by atoms with Crippen LogP contribution >= 0.6 is 0 Å². The van der Waals surface area contributed by atoms with Crippen molar-refractivity contribution in [2.24, 2.45) is 0 Å². The number of rotatable bonds is 7. The van der Waals surface area contributed by atoms with Crippen molar-refractivity contribution in [3.63, 3.8) is 0 Å². The number of hydrogen-bond acceptors (Lipinski definition) is 5. The Morgan fingerprint density at radius 2 is 1.85 bits per heavy atom. The molecule has 34 heavy (non-hydrogen) atoms. The molecule has 0 radical (unpaired) electrons. The van der Waals surface area contributed by atoms with Gasteiger partial charge in [-0.1, -0.05) is 25.5 Å². The quantitative estimate of drug-likeness (QED) is 0.651. The van der Waals surface area contributed by atoms with Crippen LogP contribution in [0.15, 0.2) is 47.4 Å². The van der Waals surface area contributed by atoms with E-state index in [2.05, 4.69) is 5.32 Å². The van der Waals surface area contributed by atoms with E-state index in [1.54, 1.807) is 32.2 Å². The first kappa shape index (κ1) is 24.2. The standard InChI is InChI=1S/C25H31N3O5S/c1-3-24(29)28-22-11-10-21(34(31,32)27-12-5-4-6-13-27)15-19(22)16-23(28)25(30)26-17-18-8-7-9-20(14-18)33-2/h7-11,14-15,23H,3-6,12-13,16-17H2,1-2H3,(H,26,30)/t23-/m0/s1. The summed E-state index contributed by atoms with van der Waals surface area (Å²) in [5.41, 5.74) is 2.18. The van der Waals surface area contributed by atoms with Gasteiger partial charge >= 0.3 is 0 Å². The fraction of sp³-hybridized carbons (Fsp3) is 0.440. The van der Waals surface area contributed by atoms with Gasteiger partial charge in [0.25, 0.3) is 0 Å². The zero-order valence-electron chi connectivity index (χ0n) is 19.6. The van der Waals surface area contributed by atoms with E-state index in [-0.39, 0.29) is 29.6 Å². The van der Waals surface area contributed by atoms with Gasteiger partial charge in [-0.25, -0.2) is 8.42 Å². The summed E-state index contributed by atoms with van der Waals surface area (Å²) in [5, 5.41) is 2.92. The maximum Gasteiger partial charge on any atom is 0.243 e. The molecule has 2 amide bonds. The third-order valence-corrected chi connectivity index (χ3v) is 8.36. The summed E-state index contributed by atoms with van der Waals surface area (Å²) in [6, 6.07) is 11.5. The molecule has 1 N–H and O–H groups in total. The highest BCUT2D eigenvalue weighted by atomic mass is 32.2. The van der Waals surface area contributed by atoms with Gasteiger partial charge in [0, 0.05) is 38.2 Å². The maximum atomic E-state index is 13.1. The molecular formula is C25H31N3O5S. The number of benzene rings is 2. The van der Waals surface area contributed by atoms with E-state index in [4.69, 9.17) is 4.74 Å². The third-order valence-electron chi connectivity index (χ3n) is 6.46. The smallest absolute Gasteiger partial charge is 0.243 e. The SMILES string of the molecule is CCC(=O)N1c2ccc(S(=O)(=O)N3CCCCC3)cc2C[C@H]1C(=O)NCc1cccc(OC)c1. The van der Waals surface area contributed by atoms with E-state index >= 15 is 0 Å². The molecule has 2 heterocycles. The molecular weight excluding hydrogens is 454 g/mol. The number of hydrogen-bond donors (Lipinski definition) is 1. The van der Waals surface area contributed by atoms with Crippen LogP contribution in [0.5, 0.6) is 5.75 Å². The Morgan fingerprint density at radius 3 is 2.56 bits per heavy atom. The average molecular weight is 486 g/mol. The van der Waals surface area contributed by atoms with Crippen LogP contribution in [-0.4, -0.2) is 50.8 Å². The highest BCUT2D eigenvalue weighted by Crippen LogP contribution is 2.35. The molecule has 4 rings (SSSR count). The van der Waals surface area contributed by atoms with Crippen LogP contribution in [0, 0.1) is 0 Å². The number of piperidine rings is 1. The number of anilines is 1. The molecule has 2 aliphatic heterocycles. The van der Waals surface area contributed by atoms with Crippen LogP contribution in [0.1, 0.15) is 43.7 Å². The highest BCUT2D eigenvalue weighted by Gasteiger charge is 2.38. The number of amides is 2. The van der Waals surface area contributed by atoms with Crippen LogP contribution in [0.4, 0.5) is 5.69 Å². The van der Waals surface area contributed by atoms with Crippen LogP contribution in [-0.2, 0) is 32.6 Å². The molecule has 0 spiro atoms. The number of fused-ring (bicyclic) bond motifs is 1. The minimum Gasteiger partial charge on any atom is -0.497 e. The number of sulfonamides is 1. The molecule has 0 saturated carbocycles. The van der Waals surface area contributed by atoms with Crippen LogP contribution in [0.2, 0.25) is 0 Å². The molecule has 9 heteroatoms. The monoisotopic (exact) mass is 485 g/mol. The van der Waals surface area contributed by atoms with E-state index in [9.17, 15) is 18.0 Å². The van der Waals surface area contributed by atoms with Crippen molar-refractivity contribution in [3.8, 4) is 5.75 Å². The first-order valence-electron chi connectivity index (χ1n) is 11.7. The number of methoxy groups -OCH3 is 1. The molecule has 1 saturated heterocycles. The minimum atomic E-state index is -3.60. The molecule has 2 aromatic carbocycles. The summed E-state index contributed by atoms with van der Waals surface area (Å²) in [5.74, 6) is 0.249. The van der Waals surface area contributed by atoms with Crippen LogP contribution in [0.3, 0.4) is 0 Å². The molecule has 1 atom stereocenters. The average Bonchev–Trinajstić information content (AvgIpc) is 3.26. The fourth-order valence-electron chi connectivity index (χ4n) is 4.62. The summed E-state index contributed by atoms with van der Waals surface area (Å²) in [6.07, 6.45) is 3.27. The van der Waals surface area contributed by atoms with E-state index < -0.39 is 16.1 Å². The predicted octanol–water partition coefficient (Wildman–Crippen LogP) is 2.85.